The van der Waals surface area contributed by atoms with Gasteiger partial charge in [0.05, 0.1) is 0 Å². The maximum absolute atomic E-state index is 12.4. The van der Waals surface area contributed by atoms with Crippen molar-refractivity contribution < 1.29 is 9.59 Å². The smallest absolute Gasteiger partial charge is 0.227 e. The summed E-state index contributed by atoms with van der Waals surface area (Å²) in [5.74, 6) is -0.0643. The Kier molecular flexibility index (Phi) is 4.12. The second kappa shape index (κ2) is 6.08. The van der Waals surface area contributed by atoms with Crippen LogP contribution in [0.5, 0.6) is 0 Å². The number of nitrogens with one attached hydrogen (secondary N) is 1. The molecule has 1 fully saturated rings. The average molecular weight is 330 g/mol. The zero-order chi connectivity index (χ0) is 16.6. The lowest BCUT2D eigenvalue weighted by atomic mass is 10.1. The first kappa shape index (κ1) is 15.6. The molecule has 0 spiro atoms. The van der Waals surface area contributed by atoms with Gasteiger partial charge in [0, 0.05) is 31.5 Å². The van der Waals surface area contributed by atoms with E-state index in [4.69, 9.17) is 0 Å². The lowest BCUT2D eigenvalue weighted by molar-refractivity contribution is -0.117. The molecule has 1 aliphatic heterocycles. The number of aryl methyl sites for hydroxylation is 2. The first-order valence-corrected chi connectivity index (χ1v) is 8.24. The van der Waals surface area contributed by atoms with Crippen molar-refractivity contribution in [2.45, 2.75) is 33.1 Å². The Bertz CT molecular complexity index is 771. The van der Waals surface area contributed by atoms with Crippen molar-refractivity contribution in [2.24, 2.45) is 0 Å². The average Bonchev–Trinajstić information content (AvgIpc) is 3.08. The van der Waals surface area contributed by atoms with Crippen LogP contribution in [-0.4, -0.2) is 28.6 Å². The molecule has 0 aliphatic carbocycles. The van der Waals surface area contributed by atoms with Crippen molar-refractivity contribution in [3.05, 3.63) is 34.3 Å². The van der Waals surface area contributed by atoms with Crippen LogP contribution in [0.2, 0.25) is 0 Å². The minimum Gasteiger partial charge on any atom is -0.312 e. The van der Waals surface area contributed by atoms with Gasteiger partial charge in [0.2, 0.25) is 16.9 Å². The Morgan fingerprint density at radius 2 is 2.09 bits per heavy atom. The highest BCUT2D eigenvalue weighted by Gasteiger charge is 2.34. The third-order valence-corrected chi connectivity index (χ3v) is 5.00. The van der Waals surface area contributed by atoms with Crippen LogP contribution in [0.4, 0.5) is 10.8 Å². The maximum atomic E-state index is 12.4. The molecule has 6 nitrogen and oxygen atoms in total. The zero-order valence-corrected chi connectivity index (χ0v) is 14.1. The number of anilines is 2. The van der Waals surface area contributed by atoms with Crippen LogP contribution in [0.1, 0.15) is 35.4 Å². The second-order valence-electron chi connectivity index (χ2n) is 5.80. The van der Waals surface area contributed by atoms with Crippen LogP contribution in [0.25, 0.3) is 0 Å². The molecule has 1 atom stereocenters. The maximum Gasteiger partial charge on any atom is 0.227 e. The standard InChI is InChI=1S/C16H18N4O2S/c1-9-4-5-13(6-10(9)2)20-8-12(7-14(20)22)15-18-19-16(23-15)17-11(3)21/h4-6,12H,7-8H2,1-3H3,(H,17,19,21)/t12-/m1/s1. The topological polar surface area (TPSA) is 75.2 Å². The molecule has 0 unspecified atom stereocenters. The molecule has 1 saturated heterocycles. The fourth-order valence-electron chi connectivity index (χ4n) is 2.62. The number of rotatable bonds is 3. The summed E-state index contributed by atoms with van der Waals surface area (Å²) >= 11 is 1.33. The van der Waals surface area contributed by atoms with Gasteiger partial charge in [-0.05, 0) is 37.1 Å². The molecule has 0 bridgehead atoms. The van der Waals surface area contributed by atoms with Gasteiger partial charge < -0.3 is 10.2 Å². The third-order valence-electron chi connectivity index (χ3n) is 4.00. The molecule has 2 heterocycles. The minimum atomic E-state index is -0.174. The molecule has 0 saturated carbocycles. The summed E-state index contributed by atoms with van der Waals surface area (Å²) in [5.41, 5.74) is 3.30. The second-order valence-corrected chi connectivity index (χ2v) is 6.81. The fourth-order valence-corrected chi connectivity index (χ4v) is 3.50. The van der Waals surface area contributed by atoms with E-state index in [9.17, 15) is 9.59 Å². The Morgan fingerprint density at radius 1 is 1.30 bits per heavy atom. The van der Waals surface area contributed by atoms with E-state index >= 15 is 0 Å². The van der Waals surface area contributed by atoms with Gasteiger partial charge >= 0.3 is 0 Å². The number of carbonyl (C=O) groups is 2. The molecule has 2 amide bonds. The number of benzene rings is 1. The molecule has 0 radical (unpaired) electrons. The van der Waals surface area contributed by atoms with Crippen LogP contribution in [-0.2, 0) is 9.59 Å². The normalized spacial score (nSPS) is 17.6. The van der Waals surface area contributed by atoms with E-state index in [-0.39, 0.29) is 17.7 Å². The van der Waals surface area contributed by atoms with Crippen molar-refractivity contribution in [2.75, 3.05) is 16.8 Å². The minimum absolute atomic E-state index is 0.0177. The molecular weight excluding hydrogens is 312 g/mol. The van der Waals surface area contributed by atoms with E-state index in [1.165, 1.54) is 29.4 Å². The Hall–Kier alpha value is -2.28. The van der Waals surface area contributed by atoms with E-state index in [1.54, 1.807) is 4.90 Å². The highest BCUT2D eigenvalue weighted by atomic mass is 32.1. The van der Waals surface area contributed by atoms with Gasteiger partial charge in [-0.15, -0.1) is 10.2 Å². The summed E-state index contributed by atoms with van der Waals surface area (Å²) in [6, 6.07) is 6.05. The predicted molar refractivity (Wildman–Crippen MR) is 89.8 cm³/mol. The van der Waals surface area contributed by atoms with E-state index in [0.29, 0.717) is 18.1 Å². The van der Waals surface area contributed by atoms with E-state index in [2.05, 4.69) is 22.4 Å². The molecule has 1 aliphatic rings. The summed E-state index contributed by atoms with van der Waals surface area (Å²) in [6.07, 6.45) is 0.418. The molecule has 1 N–H and O–H groups in total. The van der Waals surface area contributed by atoms with Gasteiger partial charge in [0.1, 0.15) is 5.01 Å². The van der Waals surface area contributed by atoms with Gasteiger partial charge in [0.15, 0.2) is 0 Å². The van der Waals surface area contributed by atoms with Crippen LogP contribution in [0.3, 0.4) is 0 Å². The van der Waals surface area contributed by atoms with Crippen LogP contribution in [0, 0.1) is 13.8 Å². The molecule has 7 heteroatoms. The summed E-state index contributed by atoms with van der Waals surface area (Å²) in [4.78, 5) is 25.2. The number of hydrogen-bond acceptors (Lipinski definition) is 5. The summed E-state index contributed by atoms with van der Waals surface area (Å²) < 4.78 is 0. The van der Waals surface area contributed by atoms with Gasteiger partial charge in [-0.1, -0.05) is 17.4 Å². The number of aromatic nitrogens is 2. The number of hydrogen-bond donors (Lipinski definition) is 1. The monoisotopic (exact) mass is 330 g/mol. The first-order chi connectivity index (χ1) is 10.9. The quantitative estimate of drug-likeness (QED) is 0.939. The van der Waals surface area contributed by atoms with Crippen molar-refractivity contribution in [1.29, 1.82) is 0 Å². The molecule has 120 valence electrons. The Labute approximate surface area is 138 Å². The van der Waals surface area contributed by atoms with Gasteiger partial charge in [-0.2, -0.15) is 0 Å². The van der Waals surface area contributed by atoms with E-state index < -0.39 is 0 Å². The molecule has 3 rings (SSSR count). The molecule has 2 aromatic rings. The van der Waals surface area contributed by atoms with Crippen LogP contribution < -0.4 is 10.2 Å². The first-order valence-electron chi connectivity index (χ1n) is 7.42. The Morgan fingerprint density at radius 3 is 2.78 bits per heavy atom. The lowest BCUT2D eigenvalue weighted by Crippen LogP contribution is -2.24. The van der Waals surface area contributed by atoms with Gasteiger partial charge in [0.25, 0.3) is 0 Å². The molecular formula is C16H18N4O2S. The van der Waals surface area contributed by atoms with Crippen molar-refractivity contribution >= 4 is 34.0 Å². The Balaban J connectivity index is 1.78. The van der Waals surface area contributed by atoms with Crippen LogP contribution in [0.15, 0.2) is 18.2 Å². The van der Waals surface area contributed by atoms with Crippen molar-refractivity contribution in [3.8, 4) is 0 Å². The number of nitrogens with zero attached hydrogens (tertiary/aromatic N) is 3. The highest BCUT2D eigenvalue weighted by Crippen LogP contribution is 2.34. The summed E-state index contributed by atoms with van der Waals surface area (Å²) in [5, 5.41) is 12.0. The SMILES string of the molecule is CC(=O)Nc1nnc([C@@H]2CC(=O)N(c3ccc(C)c(C)c3)C2)s1. The fraction of sp³-hybridized carbons (Fsp3) is 0.375. The lowest BCUT2D eigenvalue weighted by Gasteiger charge is -2.17. The summed E-state index contributed by atoms with van der Waals surface area (Å²) in [7, 11) is 0. The molecule has 1 aromatic carbocycles. The summed E-state index contributed by atoms with van der Waals surface area (Å²) in [6.45, 7) is 6.12. The molecule has 1 aromatic heterocycles. The van der Waals surface area contributed by atoms with E-state index in [1.807, 2.05) is 25.1 Å². The van der Waals surface area contributed by atoms with Crippen molar-refractivity contribution in [1.82, 2.24) is 10.2 Å². The van der Waals surface area contributed by atoms with Gasteiger partial charge in [-0.3, -0.25) is 9.59 Å². The third kappa shape index (κ3) is 3.24. The van der Waals surface area contributed by atoms with Crippen LogP contribution >= 0.6 is 11.3 Å². The van der Waals surface area contributed by atoms with Gasteiger partial charge in [-0.25, -0.2) is 0 Å². The highest BCUT2D eigenvalue weighted by molar-refractivity contribution is 7.15. The number of amides is 2. The zero-order valence-electron chi connectivity index (χ0n) is 13.3. The predicted octanol–water partition coefficient (Wildman–Crippen LogP) is 2.63. The van der Waals surface area contributed by atoms with E-state index in [0.717, 1.165) is 10.7 Å². The van der Waals surface area contributed by atoms with Crippen molar-refractivity contribution in [3.63, 3.8) is 0 Å². The molecule has 23 heavy (non-hydrogen) atoms. The largest absolute Gasteiger partial charge is 0.312 e. The number of carbonyl (C=O) groups excluding carboxylic acids is 2.